The lowest BCUT2D eigenvalue weighted by Crippen LogP contribution is -2.71. The number of carbonyl (C=O) groups excluding carboxylic acids is 2. The van der Waals surface area contributed by atoms with Crippen LogP contribution in [0.1, 0.15) is 64.2 Å². The second-order valence-electron chi connectivity index (χ2n) is 10.6. The molecule has 4 saturated carbocycles. The molecule has 5 rings (SSSR count). The molecular formula is C23H37ClFN3O5. The number of carbonyl (C=O) groups is 2. The maximum Gasteiger partial charge on any atom is 0.246 e. The number of hydrogen-bond acceptors (Lipinski definition) is 6. The Labute approximate surface area is 199 Å². The van der Waals surface area contributed by atoms with E-state index in [4.69, 9.17) is 16.3 Å². The molecule has 33 heavy (non-hydrogen) atoms. The van der Waals surface area contributed by atoms with Crippen molar-refractivity contribution in [2.75, 3.05) is 19.8 Å². The van der Waals surface area contributed by atoms with Crippen LogP contribution in [-0.4, -0.2) is 82.7 Å². The van der Waals surface area contributed by atoms with E-state index in [1.54, 1.807) is 0 Å². The number of amides is 2. The van der Waals surface area contributed by atoms with Crippen molar-refractivity contribution in [3.63, 3.8) is 0 Å². The van der Waals surface area contributed by atoms with Crippen LogP contribution in [0.15, 0.2) is 0 Å². The summed E-state index contributed by atoms with van der Waals surface area (Å²) in [5.74, 6) is -0.254. The van der Waals surface area contributed by atoms with Gasteiger partial charge in [-0.05, 0) is 70.3 Å². The zero-order chi connectivity index (χ0) is 23.6. The summed E-state index contributed by atoms with van der Waals surface area (Å²) in [4.78, 5) is 25.5. The molecule has 1 heterocycles. The maximum absolute atomic E-state index is 13.8. The minimum absolute atomic E-state index is 0.0787. The van der Waals surface area contributed by atoms with Crippen LogP contribution in [0.4, 0.5) is 4.39 Å². The smallest absolute Gasteiger partial charge is 0.246 e. The third-order valence-corrected chi connectivity index (χ3v) is 8.77. The minimum Gasteiger partial charge on any atom is -0.396 e. The summed E-state index contributed by atoms with van der Waals surface area (Å²) < 4.78 is 19.4. The largest absolute Gasteiger partial charge is 0.396 e. The molecule has 5 fully saturated rings. The van der Waals surface area contributed by atoms with Crippen LogP contribution in [0, 0.1) is 5.92 Å². The minimum atomic E-state index is -1.12. The zero-order valence-corrected chi connectivity index (χ0v) is 19.8. The predicted molar refractivity (Wildman–Crippen MR) is 121 cm³/mol. The summed E-state index contributed by atoms with van der Waals surface area (Å²) >= 11 is 5.90. The Kier molecular flexibility index (Phi) is 7.85. The molecule has 0 aromatic rings. The van der Waals surface area contributed by atoms with E-state index >= 15 is 0 Å². The summed E-state index contributed by atoms with van der Waals surface area (Å²) in [6, 6.07) is -0.328. The van der Waals surface area contributed by atoms with Gasteiger partial charge in [0.15, 0.2) is 0 Å². The fraction of sp³-hybridized carbons (Fsp3) is 0.913. The van der Waals surface area contributed by atoms with Gasteiger partial charge in [-0.25, -0.2) is 4.39 Å². The molecule has 5 unspecified atom stereocenters. The van der Waals surface area contributed by atoms with E-state index in [0.29, 0.717) is 57.9 Å². The van der Waals surface area contributed by atoms with Crippen LogP contribution >= 0.6 is 11.6 Å². The van der Waals surface area contributed by atoms with Crippen LogP contribution in [0.5, 0.6) is 0 Å². The lowest BCUT2D eigenvalue weighted by molar-refractivity contribution is -0.140. The van der Waals surface area contributed by atoms with Crippen molar-refractivity contribution >= 4 is 23.4 Å². The summed E-state index contributed by atoms with van der Waals surface area (Å²) in [7, 11) is 0. The molecule has 5 aliphatic rings. The predicted octanol–water partition coefficient (Wildman–Crippen LogP) is 0.910. The number of aliphatic hydroxyl groups excluding tert-OH is 2. The van der Waals surface area contributed by atoms with Crippen LogP contribution in [0.3, 0.4) is 0 Å². The van der Waals surface area contributed by atoms with Crippen LogP contribution in [-0.2, 0) is 14.3 Å². The summed E-state index contributed by atoms with van der Waals surface area (Å²) in [5.41, 5.74) is -1.18. The molecular weight excluding hydrogens is 453 g/mol. The van der Waals surface area contributed by atoms with Crippen molar-refractivity contribution in [2.24, 2.45) is 5.92 Å². The number of ether oxygens (including phenoxy) is 1. The number of alkyl halides is 2. The maximum atomic E-state index is 13.8. The zero-order valence-electron chi connectivity index (χ0n) is 19.0. The number of rotatable bonds is 7. The van der Waals surface area contributed by atoms with Gasteiger partial charge in [0.25, 0.3) is 0 Å². The quantitative estimate of drug-likeness (QED) is 0.339. The molecule has 188 valence electrons. The number of nitrogens with one attached hydrogen (secondary N) is 3. The third-order valence-electron chi connectivity index (χ3n) is 8.28. The molecule has 6 atom stereocenters. The fourth-order valence-electron chi connectivity index (χ4n) is 6.07. The van der Waals surface area contributed by atoms with Gasteiger partial charge >= 0.3 is 0 Å². The van der Waals surface area contributed by atoms with Gasteiger partial charge in [-0.1, -0.05) is 0 Å². The van der Waals surface area contributed by atoms with Gasteiger partial charge in [0.05, 0.1) is 29.2 Å². The first-order valence-corrected chi connectivity index (χ1v) is 12.7. The molecule has 1 aliphatic heterocycles. The normalized spacial score (nSPS) is 43.2. The van der Waals surface area contributed by atoms with Gasteiger partial charge < -0.3 is 30.9 Å². The van der Waals surface area contributed by atoms with Gasteiger partial charge in [0.2, 0.25) is 11.8 Å². The molecule has 0 radical (unpaired) electrons. The highest BCUT2D eigenvalue weighted by Crippen LogP contribution is 2.47. The van der Waals surface area contributed by atoms with Crippen molar-refractivity contribution < 1.29 is 28.9 Å². The molecule has 0 aromatic carbocycles. The molecule has 0 aromatic heterocycles. The average Bonchev–Trinajstić information content (AvgIpc) is 2.81. The molecule has 2 amide bonds. The first-order valence-electron chi connectivity index (χ1n) is 12.3. The number of hydrogen-bond donors (Lipinski definition) is 5. The average molecular weight is 490 g/mol. The Morgan fingerprint density at radius 2 is 1.88 bits per heavy atom. The summed E-state index contributed by atoms with van der Waals surface area (Å²) in [6.45, 7) is 0.624. The molecule has 4 aliphatic carbocycles. The summed E-state index contributed by atoms with van der Waals surface area (Å²) in [6.07, 6.45) is 3.51. The van der Waals surface area contributed by atoms with E-state index in [9.17, 15) is 24.2 Å². The SMILES string of the molecule is O=C(COC1CCC(Cl)C(F)C1)NC12CCC(NC(=O)C3CC(CO)CCN3)(CC1)C[C@@H]2O. The van der Waals surface area contributed by atoms with Crippen LogP contribution < -0.4 is 16.0 Å². The Balaban J connectivity index is 1.26. The van der Waals surface area contributed by atoms with E-state index in [-0.39, 0.29) is 49.5 Å². The van der Waals surface area contributed by atoms with E-state index < -0.39 is 28.7 Å². The van der Waals surface area contributed by atoms with Crippen molar-refractivity contribution in [1.29, 1.82) is 0 Å². The molecule has 2 bridgehead atoms. The second kappa shape index (κ2) is 10.3. The summed E-state index contributed by atoms with van der Waals surface area (Å²) in [5, 5.41) is 29.3. The molecule has 10 heteroatoms. The Hall–Kier alpha value is -1.00. The van der Waals surface area contributed by atoms with E-state index in [0.717, 1.165) is 6.42 Å². The van der Waals surface area contributed by atoms with Crippen LogP contribution in [0.25, 0.3) is 0 Å². The highest BCUT2D eigenvalue weighted by Gasteiger charge is 2.55. The van der Waals surface area contributed by atoms with E-state index in [1.165, 1.54) is 0 Å². The van der Waals surface area contributed by atoms with Gasteiger partial charge in [-0.2, -0.15) is 0 Å². The van der Waals surface area contributed by atoms with Crippen LogP contribution in [0.2, 0.25) is 0 Å². The number of piperidine rings is 1. The molecule has 1 saturated heterocycles. The first-order chi connectivity index (χ1) is 15.7. The Morgan fingerprint density at radius 1 is 1.12 bits per heavy atom. The van der Waals surface area contributed by atoms with Gasteiger partial charge in [-0.15, -0.1) is 11.6 Å². The Morgan fingerprint density at radius 3 is 2.55 bits per heavy atom. The monoisotopic (exact) mass is 489 g/mol. The molecule has 8 nitrogen and oxygen atoms in total. The lowest BCUT2D eigenvalue weighted by atomic mass is 9.59. The number of fused-ring (bicyclic) bond motifs is 3. The van der Waals surface area contributed by atoms with E-state index in [1.807, 2.05) is 0 Å². The van der Waals surface area contributed by atoms with E-state index in [2.05, 4.69) is 16.0 Å². The highest BCUT2D eigenvalue weighted by atomic mass is 35.5. The molecule has 0 spiro atoms. The topological polar surface area (TPSA) is 120 Å². The van der Waals surface area contributed by atoms with Crippen molar-refractivity contribution in [2.45, 2.75) is 105 Å². The lowest BCUT2D eigenvalue weighted by Gasteiger charge is -2.56. The van der Waals surface area contributed by atoms with Gasteiger partial charge in [0, 0.05) is 18.6 Å². The Bertz CT molecular complexity index is 720. The highest BCUT2D eigenvalue weighted by molar-refractivity contribution is 6.21. The number of aliphatic hydroxyl groups is 2. The van der Waals surface area contributed by atoms with Gasteiger partial charge in [-0.3, -0.25) is 9.59 Å². The van der Waals surface area contributed by atoms with Gasteiger partial charge in [0.1, 0.15) is 12.8 Å². The number of halogens is 2. The second-order valence-corrected chi connectivity index (χ2v) is 11.1. The standard InChI is InChI=1S/C23H37ClFN3O5/c24-16-2-1-15(10-17(16)25)33-13-20(31)27-23-6-4-22(5-7-23,11-19(23)30)28-21(32)18-9-14(12-29)3-8-26-18/h14-19,26,29-30H,1-13H2,(H,27,31)(H,28,32)/t14?,15?,16?,17?,18?,19-,22?,23?/m0/s1. The van der Waals surface area contributed by atoms with Crippen molar-refractivity contribution in [1.82, 2.24) is 16.0 Å². The third kappa shape index (κ3) is 5.64. The van der Waals surface area contributed by atoms with Crippen molar-refractivity contribution in [3.05, 3.63) is 0 Å². The first kappa shape index (κ1) is 25.1. The fourth-order valence-corrected chi connectivity index (χ4v) is 6.30. The van der Waals surface area contributed by atoms with Crippen molar-refractivity contribution in [3.8, 4) is 0 Å². The molecule has 5 N–H and O–H groups in total.